The van der Waals surface area contributed by atoms with Crippen LogP contribution in [0.4, 0.5) is 0 Å². The Morgan fingerprint density at radius 1 is 1.00 bits per heavy atom. The predicted molar refractivity (Wildman–Crippen MR) is 63.8 cm³/mol. The highest BCUT2D eigenvalue weighted by Crippen LogP contribution is 2.45. The van der Waals surface area contributed by atoms with Crippen molar-refractivity contribution in [1.29, 1.82) is 0 Å². The van der Waals surface area contributed by atoms with Crippen molar-refractivity contribution in [2.45, 2.75) is 50.5 Å². The van der Waals surface area contributed by atoms with Crippen molar-refractivity contribution in [3.05, 3.63) is 0 Å². The fourth-order valence-electron chi connectivity index (χ4n) is 3.51. The number of carbonyl (C=O) groups is 1. The molecule has 2 aliphatic heterocycles. The lowest BCUT2D eigenvalue weighted by molar-refractivity contribution is -0.159. The van der Waals surface area contributed by atoms with E-state index in [4.69, 9.17) is 9.47 Å². The van der Waals surface area contributed by atoms with Gasteiger partial charge in [-0.25, -0.2) is 0 Å². The second-order valence-corrected chi connectivity index (χ2v) is 5.86. The van der Waals surface area contributed by atoms with Crippen molar-refractivity contribution in [3.8, 4) is 0 Å². The Labute approximate surface area is 103 Å². The third-order valence-electron chi connectivity index (χ3n) is 4.78. The third-order valence-corrected chi connectivity index (χ3v) is 4.78. The van der Waals surface area contributed by atoms with Crippen LogP contribution in [-0.2, 0) is 14.3 Å². The number of carbonyl (C=O) groups excluding carboxylic acids is 1. The predicted octanol–water partition coefficient (Wildman–Crippen LogP) is 2.33. The van der Waals surface area contributed by atoms with E-state index in [2.05, 4.69) is 0 Å². The lowest BCUT2D eigenvalue weighted by Gasteiger charge is -2.47. The summed E-state index contributed by atoms with van der Waals surface area (Å²) in [6, 6.07) is 0. The molecule has 3 aliphatic rings. The number of hydrogen-bond donors (Lipinski definition) is 0. The van der Waals surface area contributed by atoms with Gasteiger partial charge in [-0.1, -0.05) is 0 Å². The van der Waals surface area contributed by atoms with E-state index < -0.39 is 0 Å². The molecular weight excluding hydrogens is 216 g/mol. The Bertz CT molecular complexity index is 290. The van der Waals surface area contributed by atoms with Crippen molar-refractivity contribution in [3.63, 3.8) is 0 Å². The molecule has 17 heavy (non-hydrogen) atoms. The lowest BCUT2D eigenvalue weighted by Crippen LogP contribution is -2.48. The molecule has 0 bridgehead atoms. The first kappa shape index (κ1) is 11.7. The SMILES string of the molecule is O=C(C1CCOCC1)C1CCOC2(CCC2)C1. The zero-order valence-electron chi connectivity index (χ0n) is 10.5. The van der Waals surface area contributed by atoms with Crippen LogP contribution in [0.3, 0.4) is 0 Å². The molecule has 3 fully saturated rings. The molecule has 0 aromatic heterocycles. The molecule has 1 saturated carbocycles. The van der Waals surface area contributed by atoms with Crippen LogP contribution in [0.15, 0.2) is 0 Å². The molecule has 1 aliphatic carbocycles. The molecule has 2 saturated heterocycles. The van der Waals surface area contributed by atoms with E-state index in [1.54, 1.807) is 0 Å². The monoisotopic (exact) mass is 238 g/mol. The average molecular weight is 238 g/mol. The van der Waals surface area contributed by atoms with E-state index in [-0.39, 0.29) is 17.4 Å². The Morgan fingerprint density at radius 3 is 2.35 bits per heavy atom. The van der Waals surface area contributed by atoms with Gasteiger partial charge in [-0.05, 0) is 44.9 Å². The minimum Gasteiger partial charge on any atom is -0.381 e. The van der Waals surface area contributed by atoms with Gasteiger partial charge in [-0.2, -0.15) is 0 Å². The van der Waals surface area contributed by atoms with Gasteiger partial charge in [-0.15, -0.1) is 0 Å². The van der Waals surface area contributed by atoms with Crippen LogP contribution < -0.4 is 0 Å². The van der Waals surface area contributed by atoms with Gasteiger partial charge in [0.2, 0.25) is 0 Å². The fraction of sp³-hybridized carbons (Fsp3) is 0.929. The summed E-state index contributed by atoms with van der Waals surface area (Å²) in [4.78, 5) is 12.5. The molecule has 3 rings (SSSR count). The minimum absolute atomic E-state index is 0.101. The molecule has 0 amide bonds. The average Bonchev–Trinajstić information content (AvgIpc) is 2.37. The van der Waals surface area contributed by atoms with Gasteiger partial charge in [-0.3, -0.25) is 4.79 Å². The van der Waals surface area contributed by atoms with Gasteiger partial charge in [0.05, 0.1) is 5.60 Å². The van der Waals surface area contributed by atoms with Crippen LogP contribution in [0.2, 0.25) is 0 Å². The highest BCUT2D eigenvalue weighted by molar-refractivity contribution is 5.83. The molecule has 0 aromatic rings. The smallest absolute Gasteiger partial charge is 0.139 e. The summed E-state index contributed by atoms with van der Waals surface area (Å²) in [5.74, 6) is 1.04. The highest BCUT2D eigenvalue weighted by atomic mass is 16.5. The minimum atomic E-state index is 0.101. The molecule has 3 heteroatoms. The molecule has 96 valence electrons. The van der Waals surface area contributed by atoms with Crippen molar-refractivity contribution in [1.82, 2.24) is 0 Å². The van der Waals surface area contributed by atoms with Gasteiger partial charge in [0.25, 0.3) is 0 Å². The van der Waals surface area contributed by atoms with Crippen LogP contribution >= 0.6 is 0 Å². The number of Topliss-reactive ketones (excluding diaryl/α,β-unsaturated/α-hetero) is 1. The quantitative estimate of drug-likeness (QED) is 0.740. The molecule has 1 unspecified atom stereocenters. The number of ether oxygens (including phenoxy) is 2. The molecule has 0 N–H and O–H groups in total. The highest BCUT2D eigenvalue weighted by Gasteiger charge is 2.45. The van der Waals surface area contributed by atoms with E-state index in [1.165, 1.54) is 19.3 Å². The van der Waals surface area contributed by atoms with Crippen LogP contribution in [0.5, 0.6) is 0 Å². The Hall–Kier alpha value is -0.410. The van der Waals surface area contributed by atoms with E-state index in [1.807, 2.05) is 0 Å². The standard InChI is InChI=1S/C14H22O3/c15-13(11-2-7-16-8-3-11)12-4-9-17-14(10-12)5-1-6-14/h11-12H,1-10H2. The maximum absolute atomic E-state index is 12.5. The van der Waals surface area contributed by atoms with Crippen molar-refractivity contribution < 1.29 is 14.3 Å². The van der Waals surface area contributed by atoms with Gasteiger partial charge >= 0.3 is 0 Å². The van der Waals surface area contributed by atoms with Crippen LogP contribution in [-0.4, -0.2) is 31.2 Å². The molecule has 3 nitrogen and oxygen atoms in total. The van der Waals surface area contributed by atoms with Crippen molar-refractivity contribution in [2.75, 3.05) is 19.8 Å². The summed E-state index contributed by atoms with van der Waals surface area (Å²) in [6.07, 6.45) is 7.42. The molecule has 0 aromatic carbocycles. The zero-order chi connectivity index (χ0) is 11.7. The van der Waals surface area contributed by atoms with E-state index in [0.29, 0.717) is 5.78 Å². The number of rotatable bonds is 2. The fourth-order valence-corrected chi connectivity index (χ4v) is 3.51. The molecule has 1 atom stereocenters. The molecule has 0 radical (unpaired) electrons. The van der Waals surface area contributed by atoms with Crippen LogP contribution in [0, 0.1) is 11.8 Å². The van der Waals surface area contributed by atoms with Crippen molar-refractivity contribution in [2.24, 2.45) is 11.8 Å². The summed E-state index contributed by atoms with van der Waals surface area (Å²) in [6.45, 7) is 2.33. The van der Waals surface area contributed by atoms with Gasteiger partial charge < -0.3 is 9.47 Å². The van der Waals surface area contributed by atoms with Gasteiger partial charge in [0, 0.05) is 31.7 Å². The summed E-state index contributed by atoms with van der Waals surface area (Å²) < 4.78 is 11.2. The first-order valence-corrected chi connectivity index (χ1v) is 7.05. The summed E-state index contributed by atoms with van der Waals surface area (Å²) in [7, 11) is 0. The maximum atomic E-state index is 12.5. The summed E-state index contributed by atoms with van der Waals surface area (Å²) >= 11 is 0. The Kier molecular flexibility index (Phi) is 3.22. The summed E-state index contributed by atoms with van der Waals surface area (Å²) in [5, 5.41) is 0. The second-order valence-electron chi connectivity index (χ2n) is 5.86. The first-order chi connectivity index (χ1) is 8.29. The van der Waals surface area contributed by atoms with E-state index in [9.17, 15) is 4.79 Å². The molecule has 2 heterocycles. The van der Waals surface area contributed by atoms with E-state index in [0.717, 1.165) is 45.5 Å². The normalized spacial score (nSPS) is 33.3. The number of ketones is 1. The van der Waals surface area contributed by atoms with Crippen molar-refractivity contribution >= 4 is 5.78 Å². The first-order valence-electron chi connectivity index (χ1n) is 7.05. The maximum Gasteiger partial charge on any atom is 0.139 e. The molecule has 1 spiro atoms. The Balaban J connectivity index is 1.60. The second kappa shape index (κ2) is 4.69. The van der Waals surface area contributed by atoms with Gasteiger partial charge in [0.1, 0.15) is 5.78 Å². The molecular formula is C14H22O3. The van der Waals surface area contributed by atoms with Crippen LogP contribution in [0.25, 0.3) is 0 Å². The Morgan fingerprint density at radius 2 is 1.71 bits per heavy atom. The van der Waals surface area contributed by atoms with Crippen LogP contribution in [0.1, 0.15) is 44.9 Å². The topological polar surface area (TPSA) is 35.5 Å². The van der Waals surface area contributed by atoms with E-state index >= 15 is 0 Å². The largest absolute Gasteiger partial charge is 0.381 e. The van der Waals surface area contributed by atoms with Gasteiger partial charge in [0.15, 0.2) is 0 Å². The zero-order valence-corrected chi connectivity index (χ0v) is 10.5. The number of hydrogen-bond acceptors (Lipinski definition) is 3. The lowest BCUT2D eigenvalue weighted by atomic mass is 9.69. The summed E-state index contributed by atoms with van der Waals surface area (Å²) in [5.41, 5.74) is 0.101. The third kappa shape index (κ3) is 2.27.